The minimum Gasteiger partial charge on any atom is -0.390 e. The van der Waals surface area contributed by atoms with Gasteiger partial charge >= 0.3 is 0 Å². The first-order chi connectivity index (χ1) is 18.0. The summed E-state index contributed by atoms with van der Waals surface area (Å²) in [6, 6.07) is 14.7. The molecule has 1 saturated heterocycles. The summed E-state index contributed by atoms with van der Waals surface area (Å²) < 4.78 is 81.8. The number of nitrogens with one attached hydrogen (secondary N) is 1. The van der Waals surface area contributed by atoms with Gasteiger partial charge in [0.2, 0.25) is 20.0 Å². The molecule has 0 amide bonds. The lowest BCUT2D eigenvalue weighted by molar-refractivity contribution is 0.128. The van der Waals surface area contributed by atoms with Crippen LogP contribution in [0.1, 0.15) is 0 Å². The van der Waals surface area contributed by atoms with E-state index in [0.717, 1.165) is 4.31 Å². The van der Waals surface area contributed by atoms with E-state index >= 15 is 0 Å². The van der Waals surface area contributed by atoms with Crippen molar-refractivity contribution in [3.05, 3.63) is 73.1 Å². The zero-order chi connectivity index (χ0) is 27.1. The number of sulfonamides is 2. The predicted molar refractivity (Wildman–Crippen MR) is 141 cm³/mol. The number of sulfone groups is 1. The molecule has 0 radical (unpaired) electrons. The van der Waals surface area contributed by atoms with Gasteiger partial charge in [0.05, 0.1) is 34.7 Å². The summed E-state index contributed by atoms with van der Waals surface area (Å²) in [4.78, 5) is 8.09. The Labute approximate surface area is 220 Å². The standard InChI is InChI=1S/C24H24N4O7S3/c29-20-16-36(30,31)15-19(20)28(38(34,35)22-10-2-6-18-8-4-12-26-24(18)22)14-13-27-37(32,33)21-9-1-5-17-7-3-11-25-23(17)21/h1-12,19-20,27,29H,13-16H2/t19-,20-/m0/s1. The first kappa shape index (κ1) is 26.6. The number of pyridine rings is 2. The number of nitrogens with zero attached hydrogens (tertiary/aromatic N) is 3. The highest BCUT2D eigenvalue weighted by molar-refractivity contribution is 7.92. The summed E-state index contributed by atoms with van der Waals surface area (Å²) in [6.07, 6.45) is 1.43. The summed E-state index contributed by atoms with van der Waals surface area (Å²) in [5.41, 5.74) is 0.434. The first-order valence-electron chi connectivity index (χ1n) is 11.6. The van der Waals surface area contributed by atoms with Crippen LogP contribution in [0.4, 0.5) is 0 Å². The maximum Gasteiger partial charge on any atom is 0.245 e. The van der Waals surface area contributed by atoms with E-state index in [2.05, 4.69) is 14.7 Å². The van der Waals surface area contributed by atoms with Crippen LogP contribution >= 0.6 is 0 Å². The lowest BCUT2D eigenvalue weighted by atomic mass is 10.2. The molecule has 1 aliphatic heterocycles. The van der Waals surface area contributed by atoms with Crippen molar-refractivity contribution < 1.29 is 30.4 Å². The minimum absolute atomic E-state index is 0.0771. The summed E-state index contributed by atoms with van der Waals surface area (Å²) in [7, 11) is -12.2. The second kappa shape index (κ2) is 9.94. The van der Waals surface area contributed by atoms with Gasteiger partial charge in [-0.3, -0.25) is 9.97 Å². The van der Waals surface area contributed by atoms with E-state index in [-0.39, 0.29) is 27.4 Å². The van der Waals surface area contributed by atoms with E-state index in [1.54, 1.807) is 42.5 Å². The molecule has 0 aliphatic carbocycles. The number of benzene rings is 2. The molecule has 38 heavy (non-hydrogen) atoms. The Balaban J connectivity index is 1.49. The summed E-state index contributed by atoms with van der Waals surface area (Å²) in [6.45, 7) is -0.813. The van der Waals surface area contributed by atoms with E-state index in [0.29, 0.717) is 10.8 Å². The molecule has 0 spiro atoms. The molecule has 5 rings (SSSR count). The van der Waals surface area contributed by atoms with Crippen molar-refractivity contribution in [2.75, 3.05) is 24.6 Å². The third kappa shape index (κ3) is 5.02. The van der Waals surface area contributed by atoms with Crippen LogP contribution < -0.4 is 4.72 Å². The average Bonchev–Trinajstić information content (AvgIpc) is 3.17. The quantitative estimate of drug-likeness (QED) is 0.310. The molecule has 14 heteroatoms. The number of aliphatic hydroxyl groups excluding tert-OH is 1. The van der Waals surface area contributed by atoms with Crippen LogP contribution in [0, 0.1) is 0 Å². The van der Waals surface area contributed by atoms with Gasteiger partial charge in [0.15, 0.2) is 9.84 Å². The maximum atomic E-state index is 13.9. The maximum absolute atomic E-state index is 13.9. The molecule has 1 aliphatic rings. The van der Waals surface area contributed by atoms with E-state index < -0.39 is 60.1 Å². The van der Waals surface area contributed by atoms with Gasteiger partial charge in [0.25, 0.3) is 0 Å². The third-order valence-corrected chi connectivity index (χ3v) is 11.5. The molecule has 1 fully saturated rings. The topological polar surface area (TPSA) is 164 Å². The largest absolute Gasteiger partial charge is 0.390 e. The number of para-hydroxylation sites is 2. The van der Waals surface area contributed by atoms with Crippen LogP contribution in [-0.2, 0) is 29.9 Å². The molecule has 11 nitrogen and oxygen atoms in total. The number of rotatable bonds is 8. The van der Waals surface area contributed by atoms with E-state index in [1.807, 2.05) is 0 Å². The van der Waals surface area contributed by atoms with E-state index in [4.69, 9.17) is 0 Å². The Kier molecular flexibility index (Phi) is 6.96. The molecule has 0 saturated carbocycles. The van der Waals surface area contributed by atoms with Crippen LogP contribution in [0.3, 0.4) is 0 Å². The molecule has 0 bridgehead atoms. The van der Waals surface area contributed by atoms with Crippen molar-refractivity contribution in [1.82, 2.24) is 19.0 Å². The van der Waals surface area contributed by atoms with Crippen molar-refractivity contribution in [3.63, 3.8) is 0 Å². The van der Waals surface area contributed by atoms with Gasteiger partial charge in [-0.1, -0.05) is 36.4 Å². The highest BCUT2D eigenvalue weighted by Crippen LogP contribution is 2.29. The molecular formula is C24H24N4O7S3. The molecule has 2 N–H and O–H groups in total. The van der Waals surface area contributed by atoms with Gasteiger partial charge in [-0.2, -0.15) is 4.31 Å². The molecule has 2 aromatic heterocycles. The van der Waals surface area contributed by atoms with Crippen LogP contribution in [0.2, 0.25) is 0 Å². The number of aromatic nitrogens is 2. The number of aliphatic hydroxyl groups is 1. The Morgan fingerprint density at radius 2 is 1.39 bits per heavy atom. The third-order valence-electron chi connectivity index (χ3n) is 6.36. The fourth-order valence-electron chi connectivity index (χ4n) is 4.62. The fraction of sp³-hybridized carbons (Fsp3) is 0.250. The monoisotopic (exact) mass is 576 g/mol. The average molecular weight is 577 g/mol. The van der Waals surface area contributed by atoms with Crippen molar-refractivity contribution >= 4 is 51.7 Å². The molecule has 0 unspecified atom stereocenters. The van der Waals surface area contributed by atoms with Crippen LogP contribution in [0.5, 0.6) is 0 Å². The fourth-order valence-corrected chi connectivity index (χ4v) is 9.54. The van der Waals surface area contributed by atoms with Gasteiger partial charge in [-0.05, 0) is 24.3 Å². The zero-order valence-corrected chi connectivity index (χ0v) is 22.3. The predicted octanol–water partition coefficient (Wildman–Crippen LogP) is 0.910. The molecule has 4 aromatic rings. The molecule has 2 atom stereocenters. The Morgan fingerprint density at radius 3 is 1.97 bits per heavy atom. The molecule has 200 valence electrons. The van der Waals surface area contributed by atoms with Gasteiger partial charge in [0, 0.05) is 36.3 Å². The Morgan fingerprint density at radius 1 is 0.842 bits per heavy atom. The van der Waals surface area contributed by atoms with Gasteiger partial charge < -0.3 is 5.11 Å². The van der Waals surface area contributed by atoms with E-state index in [9.17, 15) is 30.4 Å². The van der Waals surface area contributed by atoms with Crippen molar-refractivity contribution in [3.8, 4) is 0 Å². The van der Waals surface area contributed by atoms with Crippen LogP contribution in [0.25, 0.3) is 21.8 Å². The lowest BCUT2D eigenvalue weighted by Gasteiger charge is -2.29. The van der Waals surface area contributed by atoms with Crippen LogP contribution in [-0.4, -0.2) is 81.4 Å². The number of fused-ring (bicyclic) bond motifs is 2. The second-order valence-corrected chi connectivity index (χ2v) is 14.6. The highest BCUT2D eigenvalue weighted by atomic mass is 32.2. The molecule has 2 aromatic carbocycles. The minimum atomic E-state index is -4.41. The summed E-state index contributed by atoms with van der Waals surface area (Å²) in [5, 5.41) is 11.7. The van der Waals surface area contributed by atoms with Crippen molar-refractivity contribution in [2.24, 2.45) is 0 Å². The van der Waals surface area contributed by atoms with Gasteiger partial charge in [-0.25, -0.2) is 30.0 Å². The second-order valence-electron chi connectivity index (χ2n) is 8.89. The van der Waals surface area contributed by atoms with E-state index in [1.165, 1.54) is 30.6 Å². The summed E-state index contributed by atoms with van der Waals surface area (Å²) in [5.74, 6) is -1.18. The smallest absolute Gasteiger partial charge is 0.245 e. The SMILES string of the molecule is O=S1(=O)C[C@H](O)[C@@H](N(CCNS(=O)(=O)c2cccc3cccnc23)S(=O)(=O)c2cccc3cccnc23)C1. The van der Waals surface area contributed by atoms with Crippen molar-refractivity contribution in [2.45, 2.75) is 21.9 Å². The Bertz CT molecular complexity index is 1830. The first-order valence-corrected chi connectivity index (χ1v) is 16.3. The molecule has 3 heterocycles. The number of hydrogen-bond donors (Lipinski definition) is 2. The van der Waals surface area contributed by atoms with Gasteiger partial charge in [0.1, 0.15) is 9.79 Å². The van der Waals surface area contributed by atoms with Gasteiger partial charge in [-0.15, -0.1) is 0 Å². The summed E-state index contributed by atoms with van der Waals surface area (Å²) >= 11 is 0. The lowest BCUT2D eigenvalue weighted by Crippen LogP contribution is -2.49. The molecular weight excluding hydrogens is 552 g/mol. The van der Waals surface area contributed by atoms with Crippen LogP contribution in [0.15, 0.2) is 82.8 Å². The normalized spacial score (nSPS) is 19.8. The zero-order valence-electron chi connectivity index (χ0n) is 19.9. The highest BCUT2D eigenvalue weighted by Gasteiger charge is 2.45. The van der Waals surface area contributed by atoms with Crippen molar-refractivity contribution in [1.29, 1.82) is 0 Å². The number of hydrogen-bond acceptors (Lipinski definition) is 9. The Hall–Kier alpha value is -3.01.